The number of benzene rings is 2. The summed E-state index contributed by atoms with van der Waals surface area (Å²) in [4.78, 5) is 9.11. The van der Waals surface area contributed by atoms with Crippen LogP contribution >= 0.6 is 11.6 Å². The van der Waals surface area contributed by atoms with Gasteiger partial charge in [-0.25, -0.2) is 9.97 Å². The molecule has 4 rings (SSSR count). The number of methoxy groups -OCH3 is 1. The number of aromatic nitrogens is 3. The molecule has 0 aliphatic heterocycles. The second kappa shape index (κ2) is 12.0. The van der Waals surface area contributed by atoms with Crippen LogP contribution < -0.4 is 10.1 Å². The molecule has 1 N–H and O–H groups in total. The van der Waals surface area contributed by atoms with Crippen molar-refractivity contribution in [3.05, 3.63) is 71.9 Å². The molecule has 0 aliphatic carbocycles. The van der Waals surface area contributed by atoms with Gasteiger partial charge >= 0.3 is 0 Å². The van der Waals surface area contributed by atoms with Crippen molar-refractivity contribution in [2.45, 2.75) is 6.92 Å². The van der Waals surface area contributed by atoms with Crippen LogP contribution in [0.25, 0.3) is 22.2 Å². The molecule has 2 heterocycles. The fourth-order valence-electron chi connectivity index (χ4n) is 3.42. The topological polar surface area (TPSA) is 74.8 Å². The minimum Gasteiger partial charge on any atom is -0.682 e. The summed E-state index contributed by atoms with van der Waals surface area (Å²) in [5.41, 5.74) is 5.72. The van der Waals surface area contributed by atoms with Crippen LogP contribution in [0.1, 0.15) is 5.56 Å². The Kier molecular flexibility index (Phi) is 9.12. The Morgan fingerprint density at radius 1 is 1.09 bits per heavy atom. The summed E-state index contributed by atoms with van der Waals surface area (Å²) in [5.74, 6) is 2.00. The smallest absolute Gasteiger partial charge is 0.180 e. The molecule has 0 atom stereocenters. The van der Waals surface area contributed by atoms with E-state index in [1.54, 1.807) is 13.3 Å². The fourth-order valence-corrected chi connectivity index (χ4v) is 3.53. The summed E-state index contributed by atoms with van der Waals surface area (Å²) in [7, 11) is 1.66. The van der Waals surface area contributed by atoms with Gasteiger partial charge < -0.3 is 20.1 Å². The number of anilines is 2. The van der Waals surface area contributed by atoms with Crippen molar-refractivity contribution in [2.24, 2.45) is 0 Å². The molecule has 0 bridgehead atoms. The van der Waals surface area contributed by atoms with E-state index < -0.39 is 0 Å². The fraction of sp³-hybridized carbons (Fsp3) is 0.250. The molecule has 0 spiro atoms. The second-order valence-electron chi connectivity index (χ2n) is 7.15. The van der Waals surface area contributed by atoms with Crippen molar-refractivity contribution in [3.8, 4) is 17.0 Å². The predicted molar refractivity (Wildman–Crippen MR) is 129 cm³/mol. The number of rotatable bonds is 10. The summed E-state index contributed by atoms with van der Waals surface area (Å²) < 4.78 is 12.6. The molecule has 7 nitrogen and oxygen atoms in total. The molecule has 2 aromatic heterocycles. The van der Waals surface area contributed by atoms with Gasteiger partial charge in [0.25, 0.3) is 0 Å². The van der Waals surface area contributed by atoms with E-state index in [4.69, 9.17) is 21.1 Å². The van der Waals surface area contributed by atoms with Crippen LogP contribution in [0, 0.1) is 6.92 Å². The zero-order valence-corrected chi connectivity index (χ0v) is 22.2. The molecule has 2 aromatic carbocycles. The molecular weight excluding hydrogens is 610 g/mol. The molecular formula is C24H25ClN5O2W-. The van der Waals surface area contributed by atoms with Crippen LogP contribution in [-0.2, 0) is 25.8 Å². The Balaban J connectivity index is 0.00000306. The Bertz CT molecular complexity index is 1180. The van der Waals surface area contributed by atoms with Crippen LogP contribution in [0.3, 0.4) is 0 Å². The molecule has 0 aliphatic rings. The molecule has 172 valence electrons. The molecule has 0 saturated heterocycles. The van der Waals surface area contributed by atoms with Crippen molar-refractivity contribution < 1.29 is 30.5 Å². The Labute approximate surface area is 212 Å². The van der Waals surface area contributed by atoms with Crippen molar-refractivity contribution in [1.82, 2.24) is 14.4 Å². The minimum atomic E-state index is 0. The van der Waals surface area contributed by atoms with Crippen LogP contribution in [0.4, 0.5) is 17.2 Å². The van der Waals surface area contributed by atoms with E-state index in [-0.39, 0.29) is 21.1 Å². The first kappa shape index (κ1) is 25.0. The maximum atomic E-state index is 5.61. The maximum Gasteiger partial charge on any atom is 0.180 e. The number of ether oxygens (including phenoxy) is 2. The van der Waals surface area contributed by atoms with Crippen LogP contribution in [-0.4, -0.2) is 47.1 Å². The van der Waals surface area contributed by atoms with Crippen molar-refractivity contribution >= 4 is 34.4 Å². The average Bonchev–Trinajstić information content (AvgIpc) is 3.25. The summed E-state index contributed by atoms with van der Waals surface area (Å²) in [6.45, 7) is 3.75. The van der Waals surface area contributed by atoms with E-state index in [1.807, 2.05) is 60.1 Å². The van der Waals surface area contributed by atoms with Crippen molar-refractivity contribution in [1.29, 1.82) is 0 Å². The van der Waals surface area contributed by atoms with Gasteiger partial charge in [-0.3, -0.25) is 4.40 Å². The largest absolute Gasteiger partial charge is 0.682 e. The molecule has 0 radical (unpaired) electrons. The van der Waals surface area contributed by atoms with Crippen LogP contribution in [0.5, 0.6) is 5.75 Å². The molecule has 33 heavy (non-hydrogen) atoms. The number of hydrogen-bond acceptors (Lipinski definition) is 5. The van der Waals surface area contributed by atoms with E-state index in [9.17, 15) is 0 Å². The number of hydrogen-bond donors (Lipinski definition) is 1. The molecule has 4 aromatic rings. The third kappa shape index (κ3) is 6.05. The number of nitrogens with zero attached hydrogens (tertiary/aromatic N) is 4. The number of aryl methyl sites for hydroxylation is 1. The SMILES string of the molecule is COc1ccc(-c2cnc3c(Nc4ccc([N-]CCOCCCl)c(C)c4)nccn23)cc1.[W]. The molecule has 9 heteroatoms. The van der Waals surface area contributed by atoms with E-state index in [1.165, 1.54) is 0 Å². The maximum absolute atomic E-state index is 5.61. The summed E-state index contributed by atoms with van der Waals surface area (Å²) in [6, 6.07) is 13.9. The van der Waals surface area contributed by atoms with Gasteiger partial charge in [-0.1, -0.05) is 11.6 Å². The standard InChI is InChI=1S/C24H25ClN5O2.W/c1-17-15-19(5-8-21(17)26-11-14-32-13-9-25)29-23-24-28-16-22(30(24)12-10-27-23)18-3-6-20(31-2)7-4-18;/h3-8,10,12,15-16H,9,11,13-14H2,1-2H3,(H,27,29);/q-1;. The Hall–Kier alpha value is -2.60. The molecule has 0 saturated carbocycles. The Morgan fingerprint density at radius 2 is 1.91 bits per heavy atom. The van der Waals surface area contributed by atoms with Gasteiger partial charge in [-0.2, -0.15) is 0 Å². The van der Waals surface area contributed by atoms with E-state index in [2.05, 4.69) is 26.7 Å². The minimum absolute atomic E-state index is 0. The monoisotopic (exact) mass is 634 g/mol. The predicted octanol–water partition coefficient (Wildman–Crippen LogP) is 5.72. The van der Waals surface area contributed by atoms with Crippen molar-refractivity contribution in [3.63, 3.8) is 0 Å². The number of halogens is 1. The van der Waals surface area contributed by atoms with Crippen LogP contribution in [0.15, 0.2) is 61.1 Å². The summed E-state index contributed by atoms with van der Waals surface area (Å²) in [6.07, 6.45) is 5.53. The molecule has 0 fully saturated rings. The first-order valence-corrected chi connectivity index (χ1v) is 10.9. The first-order valence-electron chi connectivity index (χ1n) is 10.3. The Morgan fingerprint density at radius 3 is 2.64 bits per heavy atom. The summed E-state index contributed by atoms with van der Waals surface area (Å²) in [5, 5.41) is 7.97. The van der Waals surface area contributed by atoms with Gasteiger partial charge in [0.15, 0.2) is 11.5 Å². The van der Waals surface area contributed by atoms with Crippen molar-refractivity contribution in [2.75, 3.05) is 38.1 Å². The zero-order chi connectivity index (χ0) is 22.3. The normalized spacial score (nSPS) is 10.6. The zero-order valence-electron chi connectivity index (χ0n) is 18.5. The van der Waals surface area contributed by atoms with Gasteiger partial charge in [0, 0.05) is 57.2 Å². The van der Waals surface area contributed by atoms with Gasteiger partial charge in [0.2, 0.25) is 0 Å². The van der Waals surface area contributed by atoms with Gasteiger partial charge in [0.05, 0.1) is 25.6 Å². The van der Waals surface area contributed by atoms with E-state index in [0.717, 1.165) is 39.6 Å². The first-order chi connectivity index (χ1) is 15.7. The number of fused-ring (bicyclic) bond motifs is 1. The van der Waals surface area contributed by atoms with E-state index in [0.29, 0.717) is 31.5 Å². The number of alkyl halides is 1. The number of imidazole rings is 1. The second-order valence-corrected chi connectivity index (χ2v) is 7.53. The van der Waals surface area contributed by atoms with Gasteiger partial charge in [0.1, 0.15) is 5.75 Å². The quantitative estimate of drug-likeness (QED) is 0.179. The van der Waals surface area contributed by atoms with Gasteiger partial charge in [-0.05, 0) is 43.3 Å². The summed E-state index contributed by atoms with van der Waals surface area (Å²) >= 11 is 5.61. The van der Waals surface area contributed by atoms with E-state index >= 15 is 0 Å². The third-order valence-electron chi connectivity index (χ3n) is 5.01. The van der Waals surface area contributed by atoms with Gasteiger partial charge in [-0.15, -0.1) is 23.8 Å². The molecule has 0 amide bonds. The third-order valence-corrected chi connectivity index (χ3v) is 5.17. The molecule has 0 unspecified atom stereocenters. The van der Waals surface area contributed by atoms with Crippen LogP contribution in [0.2, 0.25) is 0 Å². The number of nitrogens with one attached hydrogen (secondary N) is 1. The average molecular weight is 635 g/mol.